The summed E-state index contributed by atoms with van der Waals surface area (Å²) in [7, 11) is 0. The average molecular weight is 401 g/mol. The Bertz CT molecular complexity index is 895. The van der Waals surface area contributed by atoms with Gasteiger partial charge in [0, 0.05) is 12.7 Å². The number of halogens is 1. The number of nitrogens with zero attached hydrogens (tertiary/aromatic N) is 2. The predicted molar refractivity (Wildman–Crippen MR) is 98.4 cm³/mol. The van der Waals surface area contributed by atoms with Gasteiger partial charge in [-0.2, -0.15) is 5.10 Å². The van der Waals surface area contributed by atoms with E-state index in [1.165, 1.54) is 6.08 Å². The molecule has 0 saturated heterocycles. The highest BCUT2D eigenvalue weighted by Crippen LogP contribution is 2.25. The minimum absolute atomic E-state index is 0.109. The second-order valence-corrected chi connectivity index (χ2v) is 6.11. The van der Waals surface area contributed by atoms with Gasteiger partial charge in [-0.3, -0.25) is 9.48 Å². The van der Waals surface area contributed by atoms with Gasteiger partial charge < -0.3 is 9.15 Å². The Morgan fingerprint density at radius 1 is 1.28 bits per heavy atom. The van der Waals surface area contributed by atoms with Crippen LogP contribution in [-0.4, -0.2) is 15.6 Å². The van der Waals surface area contributed by atoms with Gasteiger partial charge in [-0.05, 0) is 65.3 Å². The van der Waals surface area contributed by atoms with E-state index in [0.717, 1.165) is 10.2 Å². The molecule has 25 heavy (non-hydrogen) atoms. The van der Waals surface area contributed by atoms with Gasteiger partial charge in [0.05, 0.1) is 4.47 Å². The van der Waals surface area contributed by atoms with Crippen molar-refractivity contribution in [2.45, 2.75) is 20.1 Å². The predicted octanol–water partition coefficient (Wildman–Crippen LogP) is 4.73. The van der Waals surface area contributed by atoms with Gasteiger partial charge in [0.2, 0.25) is 5.78 Å². The van der Waals surface area contributed by atoms with Crippen molar-refractivity contribution >= 4 is 27.8 Å². The number of carbonyl (C=O) groups is 1. The third-order valence-electron chi connectivity index (χ3n) is 3.56. The number of aryl methyl sites for hydroxylation is 1. The van der Waals surface area contributed by atoms with Crippen LogP contribution < -0.4 is 4.74 Å². The van der Waals surface area contributed by atoms with Gasteiger partial charge in [-0.15, -0.1) is 0 Å². The molecule has 0 aliphatic carbocycles. The highest BCUT2D eigenvalue weighted by Gasteiger charge is 2.08. The molecule has 128 valence electrons. The van der Waals surface area contributed by atoms with Crippen LogP contribution in [0, 0.1) is 0 Å². The lowest BCUT2D eigenvalue weighted by molar-refractivity contribution is 0.103. The third kappa shape index (κ3) is 4.28. The molecule has 0 aliphatic heterocycles. The van der Waals surface area contributed by atoms with E-state index in [9.17, 15) is 4.79 Å². The quantitative estimate of drug-likeness (QED) is 0.424. The van der Waals surface area contributed by atoms with Crippen molar-refractivity contribution < 1.29 is 13.9 Å². The maximum absolute atomic E-state index is 12.2. The lowest BCUT2D eigenvalue weighted by Crippen LogP contribution is -2.07. The number of ketones is 1. The van der Waals surface area contributed by atoms with Crippen LogP contribution in [0.4, 0.5) is 0 Å². The lowest BCUT2D eigenvalue weighted by atomic mass is 10.2. The van der Waals surface area contributed by atoms with Crippen LogP contribution >= 0.6 is 15.9 Å². The number of furan rings is 1. The Kier molecular flexibility index (Phi) is 5.50. The summed E-state index contributed by atoms with van der Waals surface area (Å²) >= 11 is 3.44. The zero-order chi connectivity index (χ0) is 17.6. The first-order valence-corrected chi connectivity index (χ1v) is 8.67. The fourth-order valence-electron chi connectivity index (χ4n) is 2.31. The normalized spacial score (nSPS) is 11.1. The number of hydrogen-bond acceptors (Lipinski definition) is 4. The van der Waals surface area contributed by atoms with Crippen LogP contribution in [0.25, 0.3) is 6.08 Å². The summed E-state index contributed by atoms with van der Waals surface area (Å²) in [5.74, 6) is 1.92. The van der Waals surface area contributed by atoms with E-state index in [4.69, 9.17) is 9.15 Å². The fraction of sp³-hybridized carbons (Fsp3) is 0.158. The van der Waals surface area contributed by atoms with Gasteiger partial charge >= 0.3 is 0 Å². The number of allylic oxidation sites excluding steroid dienone is 1. The van der Waals surface area contributed by atoms with E-state index in [1.807, 2.05) is 37.3 Å². The van der Waals surface area contributed by atoms with Crippen molar-refractivity contribution in [1.82, 2.24) is 9.78 Å². The highest BCUT2D eigenvalue weighted by molar-refractivity contribution is 9.10. The third-order valence-corrected chi connectivity index (χ3v) is 4.21. The first-order valence-electron chi connectivity index (χ1n) is 7.87. The Morgan fingerprint density at radius 3 is 2.92 bits per heavy atom. The van der Waals surface area contributed by atoms with Crippen LogP contribution in [0.15, 0.2) is 63.6 Å². The van der Waals surface area contributed by atoms with Gasteiger partial charge in [-0.25, -0.2) is 0 Å². The highest BCUT2D eigenvalue weighted by atomic mass is 79.9. The molecule has 0 atom stereocenters. The molecule has 0 radical (unpaired) electrons. The van der Waals surface area contributed by atoms with E-state index in [1.54, 1.807) is 29.1 Å². The number of ether oxygens (including phenoxy) is 1. The second kappa shape index (κ2) is 7.98. The smallest absolute Gasteiger partial charge is 0.203 e. The zero-order valence-corrected chi connectivity index (χ0v) is 15.3. The Labute approximate surface area is 154 Å². The van der Waals surface area contributed by atoms with Gasteiger partial charge in [0.25, 0.3) is 0 Å². The number of rotatable bonds is 7. The summed E-state index contributed by atoms with van der Waals surface area (Å²) in [6, 6.07) is 13.0. The molecule has 6 heteroatoms. The summed E-state index contributed by atoms with van der Waals surface area (Å²) in [6.07, 6.45) is 4.76. The standard InChI is InChI=1S/C19H17BrN2O3/c1-2-22-17(11-12-21-22)18(23)10-9-14-7-8-15(25-14)13-24-19-6-4-3-5-16(19)20/h3-12H,2,13H2,1H3/b10-9+. The number of para-hydroxylation sites is 1. The number of aromatic nitrogens is 2. The SMILES string of the molecule is CCn1nccc1C(=O)/C=C/c1ccc(COc2ccccc2Br)o1. The molecule has 2 aromatic heterocycles. The summed E-state index contributed by atoms with van der Waals surface area (Å²) in [5, 5.41) is 4.09. The van der Waals surface area contributed by atoms with E-state index in [2.05, 4.69) is 21.0 Å². The van der Waals surface area contributed by atoms with E-state index in [-0.39, 0.29) is 5.78 Å². The maximum Gasteiger partial charge on any atom is 0.203 e. The van der Waals surface area contributed by atoms with Crippen molar-refractivity contribution in [2.24, 2.45) is 0 Å². The molecule has 0 N–H and O–H groups in total. The molecule has 0 fully saturated rings. The van der Waals surface area contributed by atoms with Crippen molar-refractivity contribution in [1.29, 1.82) is 0 Å². The zero-order valence-electron chi connectivity index (χ0n) is 13.7. The second-order valence-electron chi connectivity index (χ2n) is 5.25. The topological polar surface area (TPSA) is 57.3 Å². The molecule has 2 heterocycles. The molecule has 0 saturated carbocycles. The van der Waals surface area contributed by atoms with Crippen LogP contribution in [0.2, 0.25) is 0 Å². The van der Waals surface area contributed by atoms with Crippen LogP contribution in [0.3, 0.4) is 0 Å². The minimum Gasteiger partial charge on any atom is -0.484 e. The first kappa shape index (κ1) is 17.2. The molecule has 0 spiro atoms. The fourth-order valence-corrected chi connectivity index (χ4v) is 2.71. The molecule has 1 aromatic carbocycles. The van der Waals surface area contributed by atoms with Crippen LogP contribution in [0.1, 0.15) is 28.9 Å². The molecule has 0 unspecified atom stereocenters. The minimum atomic E-state index is -0.109. The molecule has 0 aliphatic rings. The number of benzene rings is 1. The van der Waals surface area contributed by atoms with Crippen molar-refractivity contribution in [2.75, 3.05) is 0 Å². The Balaban J connectivity index is 1.62. The largest absolute Gasteiger partial charge is 0.484 e. The molecule has 0 bridgehead atoms. The van der Waals surface area contributed by atoms with Gasteiger partial charge in [0.15, 0.2) is 0 Å². The molecular weight excluding hydrogens is 384 g/mol. The molecule has 3 rings (SSSR count). The molecule has 0 amide bonds. The summed E-state index contributed by atoms with van der Waals surface area (Å²) in [5.41, 5.74) is 0.558. The molecule has 5 nitrogen and oxygen atoms in total. The maximum atomic E-state index is 12.2. The van der Waals surface area contributed by atoms with Gasteiger partial charge in [0.1, 0.15) is 29.6 Å². The van der Waals surface area contributed by atoms with Gasteiger partial charge in [-0.1, -0.05) is 12.1 Å². The molecular formula is C19H17BrN2O3. The summed E-state index contributed by atoms with van der Waals surface area (Å²) in [4.78, 5) is 12.2. The Hall–Kier alpha value is -2.60. The van der Waals surface area contributed by atoms with E-state index >= 15 is 0 Å². The summed E-state index contributed by atoms with van der Waals surface area (Å²) in [6.45, 7) is 2.91. The van der Waals surface area contributed by atoms with E-state index < -0.39 is 0 Å². The average Bonchev–Trinajstić information content (AvgIpc) is 3.28. The van der Waals surface area contributed by atoms with Crippen molar-refractivity contribution in [3.05, 3.63) is 76.4 Å². The first-order chi connectivity index (χ1) is 12.2. The Morgan fingerprint density at radius 2 is 2.12 bits per heavy atom. The molecule has 3 aromatic rings. The summed E-state index contributed by atoms with van der Waals surface area (Å²) < 4.78 is 13.9. The van der Waals surface area contributed by atoms with E-state index in [0.29, 0.717) is 30.4 Å². The monoisotopic (exact) mass is 400 g/mol. The van der Waals surface area contributed by atoms with Crippen LogP contribution in [-0.2, 0) is 13.2 Å². The van der Waals surface area contributed by atoms with Crippen LogP contribution in [0.5, 0.6) is 5.75 Å². The van der Waals surface area contributed by atoms with Crippen molar-refractivity contribution in [3.8, 4) is 5.75 Å². The number of carbonyl (C=O) groups excluding carboxylic acids is 1. The number of hydrogen-bond donors (Lipinski definition) is 0. The van der Waals surface area contributed by atoms with Crippen molar-refractivity contribution in [3.63, 3.8) is 0 Å². The lowest BCUT2D eigenvalue weighted by Gasteiger charge is -2.05.